The molecule has 1 heterocycles. The van der Waals surface area contributed by atoms with Crippen LogP contribution in [0.5, 0.6) is 0 Å². The molecular weight excluding hydrogens is 174 g/mol. The largest absolute Gasteiger partial charge is 0.396 e. The highest BCUT2D eigenvalue weighted by atomic mass is 16.2. The fourth-order valence-electron chi connectivity index (χ4n) is 2.05. The van der Waals surface area contributed by atoms with Gasteiger partial charge < -0.3 is 10.0 Å². The van der Waals surface area contributed by atoms with Crippen LogP contribution in [-0.4, -0.2) is 24.8 Å². The average molecular weight is 191 g/mol. The van der Waals surface area contributed by atoms with Crippen LogP contribution >= 0.6 is 0 Å². The molecule has 0 aliphatic carbocycles. The number of aliphatic hydroxyl groups excluding tert-OH is 1. The smallest absolute Gasteiger partial charge is 0.0431 e. The zero-order chi connectivity index (χ0) is 9.80. The number of hydrogen-bond donors (Lipinski definition) is 1. The zero-order valence-electron chi connectivity index (χ0n) is 8.45. The molecule has 0 spiro atoms. The first-order valence-corrected chi connectivity index (χ1v) is 5.35. The van der Waals surface area contributed by atoms with E-state index in [0.717, 1.165) is 25.9 Å². The number of anilines is 1. The number of hydrogen-bond acceptors (Lipinski definition) is 2. The molecule has 2 heteroatoms. The standard InChI is InChI=1S/C12H17NO/c14-10-4-3-8-13-9-7-11-5-1-2-6-12(11)13/h1-2,5-6,14H,3-4,7-10H2. The molecule has 0 aromatic heterocycles. The summed E-state index contributed by atoms with van der Waals surface area (Å²) in [6.45, 7) is 2.54. The quantitative estimate of drug-likeness (QED) is 0.734. The zero-order valence-corrected chi connectivity index (χ0v) is 8.45. The highest BCUT2D eigenvalue weighted by Crippen LogP contribution is 2.27. The lowest BCUT2D eigenvalue weighted by molar-refractivity contribution is 0.285. The van der Waals surface area contributed by atoms with Gasteiger partial charge in [-0.25, -0.2) is 0 Å². The van der Waals surface area contributed by atoms with Gasteiger partial charge in [-0.15, -0.1) is 0 Å². The number of aliphatic hydroxyl groups is 1. The van der Waals surface area contributed by atoms with Crippen molar-refractivity contribution in [3.05, 3.63) is 29.8 Å². The SMILES string of the molecule is OCCCCN1CCc2ccccc21. The molecule has 14 heavy (non-hydrogen) atoms. The second-order valence-electron chi connectivity index (χ2n) is 3.80. The lowest BCUT2D eigenvalue weighted by Crippen LogP contribution is -2.21. The first-order valence-electron chi connectivity index (χ1n) is 5.35. The van der Waals surface area contributed by atoms with Crippen LogP contribution < -0.4 is 4.90 Å². The Kier molecular flexibility index (Phi) is 3.04. The van der Waals surface area contributed by atoms with E-state index < -0.39 is 0 Å². The molecule has 1 aliphatic rings. The highest BCUT2D eigenvalue weighted by Gasteiger charge is 2.16. The molecule has 0 bridgehead atoms. The minimum Gasteiger partial charge on any atom is -0.396 e. The monoisotopic (exact) mass is 191 g/mol. The summed E-state index contributed by atoms with van der Waals surface area (Å²) >= 11 is 0. The molecule has 76 valence electrons. The van der Waals surface area contributed by atoms with Gasteiger partial charge in [0.25, 0.3) is 0 Å². The first-order chi connectivity index (χ1) is 6.92. The van der Waals surface area contributed by atoms with Crippen molar-refractivity contribution in [3.63, 3.8) is 0 Å². The third-order valence-corrected chi connectivity index (χ3v) is 2.82. The number of unbranched alkanes of at least 4 members (excludes halogenated alkanes) is 1. The van der Waals surface area contributed by atoms with E-state index in [1.807, 2.05) is 0 Å². The molecule has 1 aromatic carbocycles. The predicted molar refractivity (Wildman–Crippen MR) is 58.7 cm³/mol. The van der Waals surface area contributed by atoms with Gasteiger partial charge in [-0.05, 0) is 30.9 Å². The van der Waals surface area contributed by atoms with E-state index in [9.17, 15) is 0 Å². The van der Waals surface area contributed by atoms with Crippen molar-refractivity contribution in [1.82, 2.24) is 0 Å². The van der Waals surface area contributed by atoms with E-state index in [4.69, 9.17) is 5.11 Å². The van der Waals surface area contributed by atoms with Gasteiger partial charge in [0.2, 0.25) is 0 Å². The Morgan fingerprint density at radius 2 is 2.07 bits per heavy atom. The maximum Gasteiger partial charge on any atom is 0.0431 e. The molecule has 0 unspecified atom stereocenters. The Morgan fingerprint density at radius 1 is 1.21 bits per heavy atom. The van der Waals surface area contributed by atoms with Crippen molar-refractivity contribution in [3.8, 4) is 0 Å². The van der Waals surface area contributed by atoms with Crippen molar-refractivity contribution >= 4 is 5.69 Å². The molecule has 0 fully saturated rings. The van der Waals surface area contributed by atoms with Gasteiger partial charge >= 0.3 is 0 Å². The molecule has 1 aromatic rings. The topological polar surface area (TPSA) is 23.5 Å². The van der Waals surface area contributed by atoms with Crippen LogP contribution in [-0.2, 0) is 6.42 Å². The minimum atomic E-state index is 0.315. The molecule has 2 rings (SSSR count). The summed E-state index contributed by atoms with van der Waals surface area (Å²) in [6, 6.07) is 8.61. The molecule has 0 saturated carbocycles. The summed E-state index contributed by atoms with van der Waals surface area (Å²) in [5.74, 6) is 0. The van der Waals surface area contributed by atoms with E-state index in [0.29, 0.717) is 6.61 Å². The summed E-state index contributed by atoms with van der Waals surface area (Å²) in [5.41, 5.74) is 2.86. The number of fused-ring (bicyclic) bond motifs is 1. The highest BCUT2D eigenvalue weighted by molar-refractivity contribution is 5.57. The van der Waals surface area contributed by atoms with Crippen molar-refractivity contribution in [1.29, 1.82) is 0 Å². The molecule has 0 saturated heterocycles. The van der Waals surface area contributed by atoms with Crippen molar-refractivity contribution in [2.24, 2.45) is 0 Å². The van der Waals surface area contributed by atoms with Gasteiger partial charge in [0.15, 0.2) is 0 Å². The van der Waals surface area contributed by atoms with Gasteiger partial charge in [0, 0.05) is 25.4 Å². The maximum atomic E-state index is 8.72. The summed E-state index contributed by atoms with van der Waals surface area (Å²) in [6.07, 6.45) is 3.18. The fraction of sp³-hybridized carbons (Fsp3) is 0.500. The summed E-state index contributed by atoms with van der Waals surface area (Å²) in [4.78, 5) is 2.42. The van der Waals surface area contributed by atoms with Crippen LogP contribution in [0.1, 0.15) is 18.4 Å². The molecule has 0 atom stereocenters. The van der Waals surface area contributed by atoms with Gasteiger partial charge in [-0.3, -0.25) is 0 Å². The van der Waals surface area contributed by atoms with Gasteiger partial charge in [-0.2, -0.15) is 0 Å². The van der Waals surface area contributed by atoms with E-state index in [1.165, 1.54) is 17.7 Å². The van der Waals surface area contributed by atoms with Crippen LogP contribution in [0.25, 0.3) is 0 Å². The lowest BCUT2D eigenvalue weighted by Gasteiger charge is -2.18. The van der Waals surface area contributed by atoms with Crippen molar-refractivity contribution < 1.29 is 5.11 Å². The minimum absolute atomic E-state index is 0.315. The number of rotatable bonds is 4. The van der Waals surface area contributed by atoms with E-state index in [2.05, 4.69) is 29.2 Å². The van der Waals surface area contributed by atoms with Crippen molar-refractivity contribution in [2.45, 2.75) is 19.3 Å². The van der Waals surface area contributed by atoms with Crippen molar-refractivity contribution in [2.75, 3.05) is 24.6 Å². The molecule has 1 aliphatic heterocycles. The average Bonchev–Trinajstić information content (AvgIpc) is 2.63. The summed E-state index contributed by atoms with van der Waals surface area (Å²) < 4.78 is 0. The molecule has 1 N–H and O–H groups in total. The van der Waals surface area contributed by atoms with Crippen LogP contribution in [0.15, 0.2) is 24.3 Å². The molecular formula is C12H17NO. The van der Waals surface area contributed by atoms with E-state index >= 15 is 0 Å². The Morgan fingerprint density at radius 3 is 2.93 bits per heavy atom. The number of para-hydroxylation sites is 1. The second-order valence-corrected chi connectivity index (χ2v) is 3.80. The normalized spacial score (nSPS) is 14.5. The number of nitrogens with zero attached hydrogens (tertiary/aromatic N) is 1. The summed E-state index contributed by atoms with van der Waals surface area (Å²) in [5, 5.41) is 8.72. The van der Waals surface area contributed by atoms with E-state index in [-0.39, 0.29) is 0 Å². The maximum absolute atomic E-state index is 8.72. The van der Waals surface area contributed by atoms with Crippen LogP contribution in [0.4, 0.5) is 5.69 Å². The first kappa shape index (κ1) is 9.53. The molecule has 2 nitrogen and oxygen atoms in total. The third kappa shape index (κ3) is 1.90. The summed E-state index contributed by atoms with van der Waals surface area (Å²) in [7, 11) is 0. The van der Waals surface area contributed by atoms with Gasteiger partial charge in [-0.1, -0.05) is 18.2 Å². The third-order valence-electron chi connectivity index (χ3n) is 2.82. The fourth-order valence-corrected chi connectivity index (χ4v) is 2.05. The van der Waals surface area contributed by atoms with Gasteiger partial charge in [0.1, 0.15) is 0 Å². The Labute approximate surface area is 85.2 Å². The van der Waals surface area contributed by atoms with Crippen LogP contribution in [0, 0.1) is 0 Å². The van der Waals surface area contributed by atoms with Crippen LogP contribution in [0.3, 0.4) is 0 Å². The molecule has 0 radical (unpaired) electrons. The predicted octanol–water partition coefficient (Wildman–Crippen LogP) is 1.82. The Bertz CT molecular complexity index is 298. The number of benzene rings is 1. The lowest BCUT2D eigenvalue weighted by atomic mass is 10.2. The second kappa shape index (κ2) is 4.47. The van der Waals surface area contributed by atoms with E-state index in [1.54, 1.807) is 0 Å². The Balaban J connectivity index is 1.96. The van der Waals surface area contributed by atoms with Gasteiger partial charge in [0.05, 0.1) is 0 Å². The molecule has 0 amide bonds. The Hall–Kier alpha value is -1.02. The van der Waals surface area contributed by atoms with Crippen LogP contribution in [0.2, 0.25) is 0 Å².